The lowest BCUT2D eigenvalue weighted by atomic mass is 10.1. The Balaban J connectivity index is 1.88. The molecule has 0 saturated carbocycles. The number of halogens is 3. The fourth-order valence-electron chi connectivity index (χ4n) is 3.10. The second-order valence-corrected chi connectivity index (χ2v) is 7.67. The Hall–Kier alpha value is -2.61. The van der Waals surface area contributed by atoms with E-state index in [4.69, 9.17) is 9.47 Å². The zero-order valence-electron chi connectivity index (χ0n) is 19.2. The number of hydrogen-bond acceptors (Lipinski definition) is 5. The maximum atomic E-state index is 13.0. The highest BCUT2D eigenvalue weighted by Gasteiger charge is 2.43. The Kier molecular flexibility index (Phi) is 11.2. The van der Waals surface area contributed by atoms with Crippen LogP contribution in [0.2, 0.25) is 0 Å². The van der Waals surface area contributed by atoms with Gasteiger partial charge in [-0.25, -0.2) is 4.79 Å². The lowest BCUT2D eigenvalue weighted by molar-refractivity contribution is -0.217. The van der Waals surface area contributed by atoms with Crippen molar-refractivity contribution in [1.29, 1.82) is 0 Å². The Labute approximate surface area is 193 Å². The molecular weight excluding hydrogens is 435 g/mol. The molecule has 33 heavy (non-hydrogen) atoms. The van der Waals surface area contributed by atoms with E-state index in [1.807, 2.05) is 6.07 Å². The summed E-state index contributed by atoms with van der Waals surface area (Å²) < 4.78 is 54.2. The Bertz CT molecular complexity index is 823. The van der Waals surface area contributed by atoms with Crippen LogP contribution in [0.4, 0.5) is 13.2 Å². The molecule has 0 aliphatic heterocycles. The standard InChI is InChI=1S/C25H32F3NO4/c1-3-5-6-7-8-9-16-32-21-14-15-22(29-17-21)19-10-12-20(13-11-19)24(30)33-23(18-31-4-2)25(26,27)28/h10-15,17,23H,3-9,16,18H2,1-2H3. The molecule has 0 saturated heterocycles. The summed E-state index contributed by atoms with van der Waals surface area (Å²) in [6.45, 7) is 3.76. The van der Waals surface area contributed by atoms with E-state index in [1.54, 1.807) is 31.3 Å². The first kappa shape index (κ1) is 26.6. The van der Waals surface area contributed by atoms with Gasteiger partial charge < -0.3 is 14.2 Å². The SMILES string of the molecule is CCCCCCCCOc1ccc(-c2ccc(C(=O)OC(COCC)C(F)(F)F)cc2)nc1. The predicted molar refractivity (Wildman–Crippen MR) is 120 cm³/mol. The van der Waals surface area contributed by atoms with Gasteiger partial charge in [-0.05, 0) is 37.6 Å². The first-order chi connectivity index (χ1) is 15.8. The smallest absolute Gasteiger partial charge is 0.427 e. The molecule has 0 bridgehead atoms. The molecule has 2 aromatic rings. The van der Waals surface area contributed by atoms with Crippen molar-refractivity contribution < 1.29 is 32.2 Å². The highest BCUT2D eigenvalue weighted by atomic mass is 19.4. The summed E-state index contributed by atoms with van der Waals surface area (Å²) in [5.74, 6) is -0.380. The molecule has 1 heterocycles. The van der Waals surface area contributed by atoms with Gasteiger partial charge >= 0.3 is 12.1 Å². The van der Waals surface area contributed by atoms with E-state index in [0.29, 0.717) is 18.1 Å². The minimum atomic E-state index is -4.70. The number of pyridine rings is 1. The van der Waals surface area contributed by atoms with Crippen LogP contribution in [-0.4, -0.2) is 43.1 Å². The first-order valence-electron chi connectivity index (χ1n) is 11.4. The number of nitrogens with zero attached hydrogens (tertiary/aromatic N) is 1. The molecule has 1 aromatic carbocycles. The maximum Gasteiger partial charge on any atom is 0.427 e. The van der Waals surface area contributed by atoms with Gasteiger partial charge in [0.15, 0.2) is 0 Å². The van der Waals surface area contributed by atoms with E-state index in [-0.39, 0.29) is 12.2 Å². The lowest BCUT2D eigenvalue weighted by Crippen LogP contribution is -2.37. The Morgan fingerprint density at radius 2 is 1.67 bits per heavy atom. The van der Waals surface area contributed by atoms with E-state index in [0.717, 1.165) is 18.4 Å². The molecule has 1 atom stereocenters. The fraction of sp³-hybridized carbons (Fsp3) is 0.520. The zero-order valence-corrected chi connectivity index (χ0v) is 19.2. The number of benzene rings is 1. The highest BCUT2D eigenvalue weighted by Crippen LogP contribution is 2.25. The molecule has 1 aromatic heterocycles. The summed E-state index contributed by atoms with van der Waals surface area (Å²) in [4.78, 5) is 16.5. The monoisotopic (exact) mass is 467 g/mol. The third kappa shape index (κ3) is 9.42. The molecule has 5 nitrogen and oxygen atoms in total. The fourth-order valence-corrected chi connectivity index (χ4v) is 3.10. The van der Waals surface area contributed by atoms with Gasteiger partial charge in [-0.2, -0.15) is 13.2 Å². The van der Waals surface area contributed by atoms with Crippen LogP contribution < -0.4 is 4.74 Å². The number of aromatic nitrogens is 1. The quantitative estimate of drug-likeness (QED) is 0.231. The zero-order chi connectivity index (χ0) is 24.1. The number of ether oxygens (including phenoxy) is 3. The van der Waals surface area contributed by atoms with Crippen LogP contribution in [0.3, 0.4) is 0 Å². The minimum Gasteiger partial charge on any atom is -0.492 e. The normalized spacial score (nSPS) is 12.4. The van der Waals surface area contributed by atoms with E-state index < -0.39 is 24.9 Å². The topological polar surface area (TPSA) is 57.7 Å². The van der Waals surface area contributed by atoms with Crippen LogP contribution in [0, 0.1) is 0 Å². The van der Waals surface area contributed by atoms with Crippen molar-refractivity contribution in [3.8, 4) is 17.0 Å². The average molecular weight is 468 g/mol. The summed E-state index contributed by atoms with van der Waals surface area (Å²) in [5.41, 5.74) is 1.39. The van der Waals surface area contributed by atoms with Crippen molar-refractivity contribution in [1.82, 2.24) is 4.98 Å². The van der Waals surface area contributed by atoms with E-state index >= 15 is 0 Å². The van der Waals surface area contributed by atoms with Gasteiger partial charge in [0.05, 0.1) is 30.7 Å². The van der Waals surface area contributed by atoms with Gasteiger partial charge in [0.25, 0.3) is 0 Å². The molecule has 0 aliphatic carbocycles. The van der Waals surface area contributed by atoms with Crippen molar-refractivity contribution >= 4 is 5.97 Å². The van der Waals surface area contributed by atoms with Crippen LogP contribution in [0.1, 0.15) is 62.7 Å². The molecule has 0 spiro atoms. The molecule has 1 unspecified atom stereocenters. The van der Waals surface area contributed by atoms with Crippen LogP contribution >= 0.6 is 0 Å². The number of carbonyl (C=O) groups excluding carboxylic acids is 1. The Morgan fingerprint density at radius 3 is 2.27 bits per heavy atom. The summed E-state index contributed by atoms with van der Waals surface area (Å²) in [7, 11) is 0. The minimum absolute atomic E-state index is 0.0170. The molecule has 0 N–H and O–H groups in total. The maximum absolute atomic E-state index is 13.0. The van der Waals surface area contributed by atoms with E-state index in [2.05, 4.69) is 16.6 Å². The van der Waals surface area contributed by atoms with E-state index in [9.17, 15) is 18.0 Å². The molecule has 0 fully saturated rings. The van der Waals surface area contributed by atoms with Crippen molar-refractivity contribution in [2.24, 2.45) is 0 Å². The van der Waals surface area contributed by atoms with Crippen LogP contribution in [0.15, 0.2) is 42.6 Å². The van der Waals surface area contributed by atoms with Crippen molar-refractivity contribution in [3.63, 3.8) is 0 Å². The average Bonchev–Trinajstić information content (AvgIpc) is 2.81. The number of alkyl halides is 3. The summed E-state index contributed by atoms with van der Waals surface area (Å²) in [6.07, 6.45) is 1.77. The van der Waals surface area contributed by atoms with Gasteiger partial charge in [-0.3, -0.25) is 4.98 Å². The van der Waals surface area contributed by atoms with Gasteiger partial charge in [0.1, 0.15) is 5.75 Å². The van der Waals surface area contributed by atoms with Gasteiger partial charge in [0.2, 0.25) is 6.10 Å². The molecular formula is C25H32F3NO4. The summed E-state index contributed by atoms with van der Waals surface area (Å²) in [6, 6.07) is 9.67. The van der Waals surface area contributed by atoms with Crippen molar-refractivity contribution in [2.75, 3.05) is 19.8 Å². The third-order valence-electron chi connectivity index (χ3n) is 5.01. The van der Waals surface area contributed by atoms with Crippen molar-refractivity contribution in [3.05, 3.63) is 48.2 Å². The first-order valence-corrected chi connectivity index (χ1v) is 11.4. The van der Waals surface area contributed by atoms with Gasteiger partial charge in [0, 0.05) is 12.2 Å². The number of esters is 1. The third-order valence-corrected chi connectivity index (χ3v) is 5.01. The van der Waals surface area contributed by atoms with Gasteiger partial charge in [-0.15, -0.1) is 0 Å². The molecule has 0 amide bonds. The molecule has 8 heteroatoms. The highest BCUT2D eigenvalue weighted by molar-refractivity contribution is 5.90. The molecule has 0 radical (unpaired) electrons. The Morgan fingerprint density at radius 1 is 0.970 bits per heavy atom. The molecule has 0 aliphatic rings. The lowest BCUT2D eigenvalue weighted by Gasteiger charge is -2.20. The van der Waals surface area contributed by atoms with Crippen LogP contribution in [0.25, 0.3) is 11.3 Å². The number of rotatable bonds is 14. The number of carbonyl (C=O) groups is 1. The van der Waals surface area contributed by atoms with Gasteiger partial charge in [-0.1, -0.05) is 51.2 Å². The molecule has 182 valence electrons. The second-order valence-electron chi connectivity index (χ2n) is 7.67. The van der Waals surface area contributed by atoms with Crippen LogP contribution in [0.5, 0.6) is 5.75 Å². The number of unbranched alkanes of at least 4 members (excludes halogenated alkanes) is 5. The summed E-state index contributed by atoms with van der Waals surface area (Å²) in [5, 5.41) is 0. The second kappa shape index (κ2) is 13.8. The van der Waals surface area contributed by atoms with Crippen LogP contribution in [-0.2, 0) is 9.47 Å². The van der Waals surface area contributed by atoms with E-state index in [1.165, 1.54) is 37.8 Å². The van der Waals surface area contributed by atoms with Crippen molar-refractivity contribution in [2.45, 2.75) is 64.7 Å². The summed E-state index contributed by atoms with van der Waals surface area (Å²) >= 11 is 0. The largest absolute Gasteiger partial charge is 0.492 e. The predicted octanol–water partition coefficient (Wildman–Crippen LogP) is 6.61. The molecule has 2 rings (SSSR count). The number of hydrogen-bond donors (Lipinski definition) is 0.